The van der Waals surface area contributed by atoms with Crippen LogP contribution in [0.3, 0.4) is 0 Å². The number of carbonyl (C=O) groups is 2. The van der Waals surface area contributed by atoms with E-state index in [1.54, 1.807) is 0 Å². The van der Waals surface area contributed by atoms with Crippen LogP contribution in [0.4, 0.5) is 0 Å². The van der Waals surface area contributed by atoms with Crippen molar-refractivity contribution >= 4 is 43.5 Å². The van der Waals surface area contributed by atoms with Gasteiger partial charge in [0.25, 0.3) is 0 Å². The van der Waals surface area contributed by atoms with E-state index < -0.39 is 43.5 Å². The van der Waals surface area contributed by atoms with E-state index in [1.807, 2.05) is 0 Å². The Balaban J connectivity index is 3.00. The fourth-order valence-corrected chi connectivity index (χ4v) is 7.41. The van der Waals surface area contributed by atoms with Gasteiger partial charge in [-0.2, -0.15) is 0 Å². The van der Waals surface area contributed by atoms with Crippen LogP contribution in [0, 0.1) is 0 Å². The third kappa shape index (κ3) is 12.0. The number of hydrogen-bond donors (Lipinski definition) is 2. The molecule has 2 N–H and O–H groups in total. The van der Waals surface area contributed by atoms with Crippen LogP contribution in [0.5, 0.6) is 0 Å². The zero-order chi connectivity index (χ0) is 10.1. The zero-order valence-electron chi connectivity index (χ0n) is 7.10. The summed E-state index contributed by atoms with van der Waals surface area (Å²) in [6, 6.07) is 0. The Morgan fingerprint density at radius 3 is 1.69 bits per heavy atom. The molecule has 0 amide bonds. The quantitative estimate of drug-likeness (QED) is 0.466. The third-order valence-electron chi connectivity index (χ3n) is 1.14. The molecule has 0 aliphatic heterocycles. The summed E-state index contributed by atoms with van der Waals surface area (Å²) in [7, 11) is 0. The molecule has 0 aliphatic rings. The van der Waals surface area contributed by atoms with Gasteiger partial charge in [-0.1, -0.05) is 0 Å². The molecule has 0 saturated heterocycles. The molecule has 0 aromatic rings. The van der Waals surface area contributed by atoms with Gasteiger partial charge in [0.15, 0.2) is 0 Å². The molecule has 0 atom stereocenters. The van der Waals surface area contributed by atoms with Gasteiger partial charge in [-0.15, -0.1) is 0 Å². The van der Waals surface area contributed by atoms with E-state index in [9.17, 15) is 9.59 Å². The SMILES string of the molecule is O=C(O)C[CH2][GeH][O][GeH][CH2]CC(=O)O. The van der Waals surface area contributed by atoms with Gasteiger partial charge in [-0.25, -0.2) is 0 Å². The summed E-state index contributed by atoms with van der Waals surface area (Å²) < 4.78 is 5.32. The van der Waals surface area contributed by atoms with Crippen molar-refractivity contribution in [3.05, 3.63) is 0 Å². The van der Waals surface area contributed by atoms with Gasteiger partial charge < -0.3 is 0 Å². The molecule has 13 heavy (non-hydrogen) atoms. The summed E-state index contributed by atoms with van der Waals surface area (Å²) in [6.45, 7) is 0. The Bertz CT molecular complexity index is 154. The standard InChI is InChI=1S/C6H12Ge2O5/c9-5(10)1-3-7-13-8-4-2-6(11)12/h7-8H,1-4H2,(H,9,10)(H,11,12). The zero-order valence-corrected chi connectivity index (χ0v) is 11.9. The molecule has 5 nitrogen and oxygen atoms in total. The third-order valence-corrected chi connectivity index (χ3v) is 8.35. The second kappa shape index (κ2) is 8.58. The van der Waals surface area contributed by atoms with E-state index in [0.717, 1.165) is 0 Å². The van der Waals surface area contributed by atoms with Crippen molar-refractivity contribution in [2.45, 2.75) is 23.3 Å². The molecule has 0 rings (SSSR count). The number of hydrogen-bond acceptors (Lipinski definition) is 3. The van der Waals surface area contributed by atoms with Gasteiger partial charge in [-0.05, 0) is 0 Å². The molecule has 0 unspecified atom stereocenters. The van der Waals surface area contributed by atoms with Crippen molar-refractivity contribution in [1.82, 2.24) is 0 Å². The van der Waals surface area contributed by atoms with Crippen LogP contribution >= 0.6 is 0 Å². The Kier molecular flexibility index (Phi) is 8.57. The van der Waals surface area contributed by atoms with Gasteiger partial charge in [-0.3, -0.25) is 0 Å². The first kappa shape index (κ1) is 13.0. The Morgan fingerprint density at radius 2 is 1.38 bits per heavy atom. The van der Waals surface area contributed by atoms with Crippen LogP contribution in [0.2, 0.25) is 10.5 Å². The minimum absolute atomic E-state index is 0.191. The van der Waals surface area contributed by atoms with Crippen LogP contribution < -0.4 is 0 Å². The molecule has 0 spiro atoms. The predicted octanol–water partition coefficient (Wildman–Crippen LogP) is -0.508. The Hall–Kier alpha value is -0.0143. The van der Waals surface area contributed by atoms with Crippen molar-refractivity contribution in [2.75, 3.05) is 0 Å². The van der Waals surface area contributed by atoms with Crippen LogP contribution in [0.1, 0.15) is 12.8 Å². The molecule has 7 heteroatoms. The Labute approximate surface area is 89.5 Å². The molecule has 0 saturated carbocycles. The van der Waals surface area contributed by atoms with E-state index in [1.165, 1.54) is 0 Å². The number of aliphatic carboxylic acids is 2. The summed E-state index contributed by atoms with van der Waals surface area (Å²) in [4.78, 5) is 20.2. The van der Waals surface area contributed by atoms with Crippen molar-refractivity contribution < 1.29 is 22.6 Å². The molecule has 0 bridgehead atoms. The van der Waals surface area contributed by atoms with Crippen LogP contribution in [0.15, 0.2) is 0 Å². The molecule has 0 fully saturated rings. The molecular formula is C6H12Ge2O5. The normalized spacial score (nSPS) is 9.85. The molecule has 0 aromatic carbocycles. The predicted molar refractivity (Wildman–Crippen MR) is 49.5 cm³/mol. The molecule has 0 heterocycles. The van der Waals surface area contributed by atoms with E-state index >= 15 is 0 Å². The maximum atomic E-state index is 10.1. The Morgan fingerprint density at radius 1 is 1.00 bits per heavy atom. The van der Waals surface area contributed by atoms with E-state index in [0.29, 0.717) is 10.5 Å². The topological polar surface area (TPSA) is 83.8 Å². The van der Waals surface area contributed by atoms with Crippen molar-refractivity contribution in [2.24, 2.45) is 0 Å². The molecule has 74 valence electrons. The van der Waals surface area contributed by atoms with Gasteiger partial charge in [0, 0.05) is 0 Å². The van der Waals surface area contributed by atoms with Crippen LogP contribution in [-0.4, -0.2) is 53.7 Å². The van der Waals surface area contributed by atoms with E-state index in [2.05, 4.69) is 0 Å². The first-order chi connectivity index (χ1) is 6.13. The average Bonchev–Trinajstić information content (AvgIpc) is 2.01. The second-order valence-electron chi connectivity index (χ2n) is 2.33. The van der Waals surface area contributed by atoms with E-state index in [4.69, 9.17) is 13.0 Å². The average molecular weight is 309 g/mol. The number of carboxylic acids is 2. The fraction of sp³-hybridized carbons (Fsp3) is 0.667. The van der Waals surface area contributed by atoms with Gasteiger partial charge >= 0.3 is 89.4 Å². The monoisotopic (exact) mass is 312 g/mol. The molecule has 2 radical (unpaired) electrons. The maximum absolute atomic E-state index is 10.1. The van der Waals surface area contributed by atoms with Crippen molar-refractivity contribution in [3.63, 3.8) is 0 Å². The van der Waals surface area contributed by atoms with Crippen molar-refractivity contribution in [3.8, 4) is 0 Å². The summed E-state index contributed by atoms with van der Waals surface area (Å²) in [5, 5.41) is 17.9. The minimum atomic E-state index is -0.822. The van der Waals surface area contributed by atoms with Crippen LogP contribution in [0.25, 0.3) is 0 Å². The molecular weight excluding hydrogens is 297 g/mol. The molecule has 0 aliphatic carbocycles. The fourth-order valence-electron chi connectivity index (χ4n) is 0.569. The summed E-state index contributed by atoms with van der Waals surface area (Å²) >= 11 is -1.64. The van der Waals surface area contributed by atoms with Crippen molar-refractivity contribution in [1.29, 1.82) is 0 Å². The van der Waals surface area contributed by atoms with Gasteiger partial charge in [0.1, 0.15) is 0 Å². The van der Waals surface area contributed by atoms with Gasteiger partial charge in [0.2, 0.25) is 0 Å². The van der Waals surface area contributed by atoms with Gasteiger partial charge in [0.05, 0.1) is 0 Å². The van der Waals surface area contributed by atoms with E-state index in [-0.39, 0.29) is 12.8 Å². The first-order valence-corrected chi connectivity index (χ1v) is 9.25. The summed E-state index contributed by atoms with van der Waals surface area (Å²) in [5.74, 6) is -1.56. The first-order valence-electron chi connectivity index (χ1n) is 3.85. The number of rotatable bonds is 8. The second-order valence-corrected chi connectivity index (χ2v) is 9.69. The number of carboxylic acid groups (broad SMARTS) is 2. The summed E-state index contributed by atoms with van der Waals surface area (Å²) in [6.07, 6.45) is 0.381. The van der Waals surface area contributed by atoms with Crippen LogP contribution in [-0.2, 0) is 12.4 Å². The summed E-state index contributed by atoms with van der Waals surface area (Å²) in [5.41, 5.74) is 0. The molecule has 0 aromatic heterocycles.